The van der Waals surface area contributed by atoms with Crippen molar-refractivity contribution in [1.29, 1.82) is 0 Å². The number of aliphatic hydroxyl groups excluding tert-OH is 1. The molecule has 112 valence electrons. The maximum Gasteiger partial charge on any atom is 0.221 e. The first-order valence-corrected chi connectivity index (χ1v) is 7.40. The number of aliphatic hydroxyl groups is 1. The highest BCUT2D eigenvalue weighted by Crippen LogP contribution is 2.21. The van der Waals surface area contributed by atoms with E-state index in [9.17, 15) is 13.6 Å². The number of thioether (sulfide) groups is 1. The summed E-state index contributed by atoms with van der Waals surface area (Å²) < 4.78 is 25.7. The lowest BCUT2D eigenvalue weighted by Crippen LogP contribution is -2.41. The van der Waals surface area contributed by atoms with E-state index in [1.54, 1.807) is 0 Å². The monoisotopic (exact) mass is 303 g/mol. The normalized spacial score (nSPS) is 12.5. The molecule has 0 saturated carbocycles. The topological polar surface area (TPSA) is 49.3 Å². The van der Waals surface area contributed by atoms with Crippen LogP contribution in [0.15, 0.2) is 23.1 Å². The quantitative estimate of drug-likeness (QED) is 0.761. The fourth-order valence-corrected chi connectivity index (χ4v) is 2.40. The Morgan fingerprint density at radius 2 is 2.05 bits per heavy atom. The molecule has 0 aliphatic rings. The molecule has 0 heterocycles. The molecule has 0 aromatic heterocycles. The van der Waals surface area contributed by atoms with Gasteiger partial charge in [-0.05, 0) is 24.1 Å². The first kappa shape index (κ1) is 16.9. The van der Waals surface area contributed by atoms with Crippen molar-refractivity contribution >= 4 is 17.7 Å². The third-order valence-electron chi connectivity index (χ3n) is 2.84. The van der Waals surface area contributed by atoms with Gasteiger partial charge < -0.3 is 10.4 Å². The number of amides is 1. The van der Waals surface area contributed by atoms with Gasteiger partial charge in [0.2, 0.25) is 5.91 Å². The summed E-state index contributed by atoms with van der Waals surface area (Å²) >= 11 is 1.28. The third-order valence-corrected chi connectivity index (χ3v) is 3.83. The zero-order valence-electron chi connectivity index (χ0n) is 11.5. The molecule has 1 atom stereocenters. The van der Waals surface area contributed by atoms with Crippen LogP contribution in [0.25, 0.3) is 0 Å². The van der Waals surface area contributed by atoms with Gasteiger partial charge >= 0.3 is 0 Å². The molecule has 0 fully saturated rings. The second-order valence-corrected chi connectivity index (χ2v) is 5.94. The first-order chi connectivity index (χ1) is 9.43. The molecule has 6 heteroatoms. The number of benzene rings is 1. The number of carbonyl (C=O) groups excluding carboxylic acids is 1. The first-order valence-electron chi connectivity index (χ1n) is 6.42. The van der Waals surface area contributed by atoms with Crippen LogP contribution in [0.1, 0.15) is 20.3 Å². The summed E-state index contributed by atoms with van der Waals surface area (Å²) in [6.45, 7) is 3.73. The number of hydrogen-bond donors (Lipinski definition) is 2. The summed E-state index contributed by atoms with van der Waals surface area (Å²) in [4.78, 5) is 12.2. The van der Waals surface area contributed by atoms with Gasteiger partial charge in [-0.1, -0.05) is 13.8 Å². The van der Waals surface area contributed by atoms with E-state index < -0.39 is 11.6 Å². The number of hydrogen-bond acceptors (Lipinski definition) is 3. The number of carbonyl (C=O) groups is 1. The Hall–Kier alpha value is -1.14. The van der Waals surface area contributed by atoms with Gasteiger partial charge in [0.15, 0.2) is 11.6 Å². The van der Waals surface area contributed by atoms with Gasteiger partial charge in [-0.3, -0.25) is 4.79 Å². The van der Waals surface area contributed by atoms with Crippen LogP contribution in [0.2, 0.25) is 0 Å². The summed E-state index contributed by atoms with van der Waals surface area (Å²) in [6, 6.07) is 3.41. The number of rotatable bonds is 7. The Morgan fingerprint density at radius 1 is 1.35 bits per heavy atom. The van der Waals surface area contributed by atoms with Crippen molar-refractivity contribution < 1.29 is 18.7 Å². The molecule has 0 bridgehead atoms. The summed E-state index contributed by atoms with van der Waals surface area (Å²) in [6.07, 6.45) is 0.257. The van der Waals surface area contributed by atoms with E-state index >= 15 is 0 Å². The van der Waals surface area contributed by atoms with Gasteiger partial charge in [-0.15, -0.1) is 11.8 Å². The second kappa shape index (κ2) is 8.21. The van der Waals surface area contributed by atoms with Gasteiger partial charge in [0.25, 0.3) is 0 Å². The van der Waals surface area contributed by atoms with E-state index in [1.807, 2.05) is 13.8 Å². The predicted molar refractivity (Wildman–Crippen MR) is 75.6 cm³/mol. The maximum atomic E-state index is 13.0. The Kier molecular flexibility index (Phi) is 6.95. The average molecular weight is 303 g/mol. The summed E-state index contributed by atoms with van der Waals surface area (Å²) in [5.74, 6) is -1.31. The number of halogens is 2. The molecular weight excluding hydrogens is 284 g/mol. The molecule has 0 aliphatic heterocycles. The summed E-state index contributed by atoms with van der Waals surface area (Å²) in [5, 5.41) is 11.8. The van der Waals surface area contributed by atoms with Gasteiger partial charge in [0.05, 0.1) is 12.6 Å². The smallest absolute Gasteiger partial charge is 0.221 e. The van der Waals surface area contributed by atoms with E-state index in [1.165, 1.54) is 17.8 Å². The largest absolute Gasteiger partial charge is 0.394 e. The van der Waals surface area contributed by atoms with Crippen LogP contribution in [-0.2, 0) is 4.79 Å². The van der Waals surface area contributed by atoms with E-state index in [4.69, 9.17) is 5.11 Å². The van der Waals surface area contributed by atoms with Crippen LogP contribution in [0.3, 0.4) is 0 Å². The molecule has 20 heavy (non-hydrogen) atoms. The zero-order valence-corrected chi connectivity index (χ0v) is 12.3. The van der Waals surface area contributed by atoms with E-state index in [2.05, 4.69) is 5.32 Å². The lowest BCUT2D eigenvalue weighted by molar-refractivity contribution is -0.122. The Morgan fingerprint density at radius 3 is 2.60 bits per heavy atom. The molecule has 3 nitrogen and oxygen atoms in total. The fraction of sp³-hybridized carbons (Fsp3) is 0.500. The molecular formula is C14H19F2NO2S. The lowest BCUT2D eigenvalue weighted by Gasteiger charge is -2.19. The van der Waals surface area contributed by atoms with Crippen LogP contribution >= 0.6 is 11.8 Å². The van der Waals surface area contributed by atoms with Gasteiger partial charge in [0.1, 0.15) is 0 Å². The Balaban J connectivity index is 2.36. The molecule has 0 unspecified atom stereocenters. The van der Waals surface area contributed by atoms with Crippen LogP contribution in [0, 0.1) is 17.6 Å². The molecule has 1 rings (SSSR count). The van der Waals surface area contributed by atoms with Crippen LogP contribution in [-0.4, -0.2) is 29.4 Å². The molecule has 0 radical (unpaired) electrons. The van der Waals surface area contributed by atoms with E-state index in [0.29, 0.717) is 10.6 Å². The van der Waals surface area contributed by atoms with E-state index in [-0.39, 0.29) is 30.9 Å². The molecule has 0 spiro atoms. The summed E-state index contributed by atoms with van der Waals surface area (Å²) in [7, 11) is 0. The van der Waals surface area contributed by atoms with E-state index in [0.717, 1.165) is 12.1 Å². The second-order valence-electron chi connectivity index (χ2n) is 4.77. The van der Waals surface area contributed by atoms with Gasteiger partial charge in [-0.25, -0.2) is 8.78 Å². The van der Waals surface area contributed by atoms with Crippen molar-refractivity contribution in [3.8, 4) is 0 Å². The minimum absolute atomic E-state index is 0.0975. The standard InChI is InChI=1S/C14H19F2NO2S/c1-9(2)13(8-18)17-14(19)5-6-20-10-3-4-11(15)12(16)7-10/h3-4,7,9,13,18H,5-6,8H2,1-2H3,(H,17,19)/t13-/m1/s1. The molecule has 0 aliphatic carbocycles. The highest BCUT2D eigenvalue weighted by Gasteiger charge is 2.14. The van der Waals surface area contributed by atoms with Crippen molar-refractivity contribution in [2.45, 2.75) is 31.2 Å². The van der Waals surface area contributed by atoms with Crippen molar-refractivity contribution in [3.05, 3.63) is 29.8 Å². The molecule has 0 saturated heterocycles. The van der Waals surface area contributed by atoms with Gasteiger partial charge in [-0.2, -0.15) is 0 Å². The van der Waals surface area contributed by atoms with Crippen molar-refractivity contribution in [1.82, 2.24) is 5.32 Å². The maximum absolute atomic E-state index is 13.0. The average Bonchev–Trinajstić information content (AvgIpc) is 2.39. The predicted octanol–water partition coefficient (Wildman–Crippen LogP) is 2.58. The Bertz CT molecular complexity index is 455. The molecule has 1 aromatic rings. The van der Waals surface area contributed by atoms with Crippen LogP contribution in [0.4, 0.5) is 8.78 Å². The fourth-order valence-electron chi connectivity index (χ4n) is 1.53. The highest BCUT2D eigenvalue weighted by atomic mass is 32.2. The van der Waals surface area contributed by atoms with Gasteiger partial charge in [0, 0.05) is 17.1 Å². The third kappa shape index (κ3) is 5.46. The SMILES string of the molecule is CC(C)[C@@H](CO)NC(=O)CCSc1ccc(F)c(F)c1. The van der Waals surface area contributed by atoms with Crippen molar-refractivity contribution in [2.24, 2.45) is 5.92 Å². The van der Waals surface area contributed by atoms with Crippen LogP contribution < -0.4 is 5.32 Å². The lowest BCUT2D eigenvalue weighted by atomic mass is 10.1. The Labute approximate surface area is 121 Å². The van der Waals surface area contributed by atoms with Crippen molar-refractivity contribution in [3.63, 3.8) is 0 Å². The molecule has 1 aromatic carbocycles. The molecule has 2 N–H and O–H groups in total. The zero-order chi connectivity index (χ0) is 15.1. The minimum atomic E-state index is -0.889. The summed E-state index contributed by atoms with van der Waals surface area (Å²) in [5.41, 5.74) is 0. The molecule has 1 amide bonds. The van der Waals surface area contributed by atoms with Crippen molar-refractivity contribution in [2.75, 3.05) is 12.4 Å². The highest BCUT2D eigenvalue weighted by molar-refractivity contribution is 7.99. The minimum Gasteiger partial charge on any atom is -0.394 e. The van der Waals surface area contributed by atoms with Crippen LogP contribution in [0.5, 0.6) is 0 Å². The number of nitrogens with one attached hydrogen (secondary N) is 1.